The van der Waals surface area contributed by atoms with E-state index in [1.54, 1.807) is 13.8 Å². The third-order valence-corrected chi connectivity index (χ3v) is 6.62. The summed E-state index contributed by atoms with van der Waals surface area (Å²) in [4.78, 5) is 39.8. The highest BCUT2D eigenvalue weighted by molar-refractivity contribution is 7.13. The van der Waals surface area contributed by atoms with Gasteiger partial charge >= 0.3 is 0 Å². The molecule has 3 N–H and O–H groups in total. The van der Waals surface area contributed by atoms with E-state index in [1.807, 2.05) is 11.8 Å². The summed E-state index contributed by atoms with van der Waals surface area (Å²) in [5.74, 6) is 1.19. The predicted molar refractivity (Wildman–Crippen MR) is 118 cm³/mol. The van der Waals surface area contributed by atoms with Gasteiger partial charge in [-0.25, -0.2) is 15.0 Å². The van der Waals surface area contributed by atoms with E-state index in [2.05, 4.69) is 20.3 Å². The highest BCUT2D eigenvalue weighted by Crippen LogP contribution is 2.27. The molecule has 2 aromatic heterocycles. The number of hydrogen-bond acceptors (Lipinski definition) is 7. The van der Waals surface area contributed by atoms with Crippen LogP contribution >= 0.6 is 22.9 Å². The van der Waals surface area contributed by atoms with Gasteiger partial charge in [0.15, 0.2) is 0 Å². The normalized spacial score (nSPS) is 15.8. The standard InChI is InChI=1S/C20H27ClN6O2S/c1-11(24-19(28)16-10-23-13(3)30-16)20(29)27-8-6-14(7-9-27)4-5-15-17(21)25-12(2)26-18(15)22/h10-11,14H,4-9H2,1-3H3,(H,24,28)(H2,22,25,26). The maximum Gasteiger partial charge on any atom is 0.263 e. The Kier molecular flexibility index (Phi) is 7.25. The van der Waals surface area contributed by atoms with E-state index in [0.717, 1.165) is 36.3 Å². The van der Waals surface area contributed by atoms with Crippen LogP contribution in [0.3, 0.4) is 0 Å². The van der Waals surface area contributed by atoms with E-state index < -0.39 is 6.04 Å². The Hall–Kier alpha value is -2.26. The number of aromatic nitrogens is 3. The zero-order valence-corrected chi connectivity index (χ0v) is 19.0. The number of carbonyl (C=O) groups is 2. The van der Waals surface area contributed by atoms with Crippen molar-refractivity contribution >= 4 is 40.6 Å². The van der Waals surface area contributed by atoms with E-state index in [-0.39, 0.29) is 11.8 Å². The van der Waals surface area contributed by atoms with Crippen molar-refractivity contribution < 1.29 is 9.59 Å². The fourth-order valence-electron chi connectivity index (χ4n) is 3.67. The Labute approximate surface area is 185 Å². The number of thiazole rings is 1. The molecule has 0 bridgehead atoms. The quantitative estimate of drug-likeness (QED) is 0.654. The number of piperidine rings is 1. The minimum absolute atomic E-state index is 0.0535. The fourth-order valence-corrected chi connectivity index (χ4v) is 4.67. The molecule has 0 aliphatic carbocycles. The number of anilines is 1. The second-order valence-corrected chi connectivity index (χ2v) is 9.26. The first-order valence-corrected chi connectivity index (χ1v) is 11.2. The molecule has 0 radical (unpaired) electrons. The Morgan fingerprint density at radius 3 is 2.63 bits per heavy atom. The summed E-state index contributed by atoms with van der Waals surface area (Å²) in [7, 11) is 0. The molecule has 8 nitrogen and oxygen atoms in total. The third kappa shape index (κ3) is 5.46. The van der Waals surface area contributed by atoms with E-state index in [4.69, 9.17) is 17.3 Å². The Balaban J connectivity index is 1.46. The van der Waals surface area contributed by atoms with Gasteiger partial charge in [-0.2, -0.15) is 0 Å². The lowest BCUT2D eigenvalue weighted by Gasteiger charge is -2.33. The van der Waals surface area contributed by atoms with Crippen molar-refractivity contribution in [3.05, 3.63) is 32.6 Å². The van der Waals surface area contributed by atoms with Crippen LogP contribution in [-0.2, 0) is 11.2 Å². The molecule has 2 aromatic rings. The van der Waals surface area contributed by atoms with E-state index >= 15 is 0 Å². The van der Waals surface area contributed by atoms with Crippen molar-refractivity contribution in [1.29, 1.82) is 0 Å². The van der Waals surface area contributed by atoms with Gasteiger partial charge in [-0.3, -0.25) is 9.59 Å². The molecule has 0 saturated carbocycles. The molecular weight excluding hydrogens is 424 g/mol. The Bertz CT molecular complexity index is 903. The molecule has 1 aliphatic rings. The van der Waals surface area contributed by atoms with Crippen LogP contribution in [-0.4, -0.2) is 50.8 Å². The molecule has 3 heterocycles. The van der Waals surface area contributed by atoms with Crippen LogP contribution in [0.2, 0.25) is 5.15 Å². The minimum atomic E-state index is -0.570. The lowest BCUT2D eigenvalue weighted by molar-refractivity contribution is -0.134. The van der Waals surface area contributed by atoms with Crippen molar-refractivity contribution in [1.82, 2.24) is 25.2 Å². The van der Waals surface area contributed by atoms with Gasteiger partial charge in [0.05, 0.1) is 11.2 Å². The van der Waals surface area contributed by atoms with Gasteiger partial charge in [-0.1, -0.05) is 11.6 Å². The number of rotatable bonds is 6. The van der Waals surface area contributed by atoms with Gasteiger partial charge in [0, 0.05) is 18.7 Å². The first kappa shape index (κ1) is 22.4. The SMILES string of the molecule is Cc1nc(N)c(CCC2CCN(C(=O)C(C)NC(=O)c3cnc(C)s3)CC2)c(Cl)n1. The summed E-state index contributed by atoms with van der Waals surface area (Å²) in [6, 6.07) is -0.570. The summed E-state index contributed by atoms with van der Waals surface area (Å²) in [5, 5.41) is 4.02. The zero-order chi connectivity index (χ0) is 21.8. The highest BCUT2D eigenvalue weighted by Gasteiger charge is 2.27. The van der Waals surface area contributed by atoms with Gasteiger partial charge in [0.1, 0.15) is 27.7 Å². The monoisotopic (exact) mass is 450 g/mol. The molecule has 3 rings (SSSR count). The average Bonchev–Trinajstić information content (AvgIpc) is 3.13. The number of carbonyl (C=O) groups excluding carboxylic acids is 2. The predicted octanol–water partition coefficient (Wildman–Crippen LogP) is 2.78. The smallest absolute Gasteiger partial charge is 0.263 e. The molecule has 2 amide bonds. The van der Waals surface area contributed by atoms with Crippen LogP contribution in [0.15, 0.2) is 6.20 Å². The number of nitrogen functional groups attached to an aromatic ring is 1. The van der Waals surface area contributed by atoms with Crippen molar-refractivity contribution in [3.8, 4) is 0 Å². The lowest BCUT2D eigenvalue weighted by Crippen LogP contribution is -2.49. The van der Waals surface area contributed by atoms with Crippen LogP contribution in [0.5, 0.6) is 0 Å². The second kappa shape index (κ2) is 9.70. The number of aryl methyl sites for hydroxylation is 2. The van der Waals surface area contributed by atoms with Crippen LogP contribution in [0.1, 0.15) is 52.3 Å². The second-order valence-electron chi connectivity index (χ2n) is 7.67. The molecule has 1 saturated heterocycles. The lowest BCUT2D eigenvalue weighted by atomic mass is 9.90. The van der Waals surface area contributed by atoms with Gasteiger partial charge in [0.25, 0.3) is 5.91 Å². The topological polar surface area (TPSA) is 114 Å². The van der Waals surface area contributed by atoms with Gasteiger partial charge in [-0.15, -0.1) is 11.3 Å². The first-order chi connectivity index (χ1) is 14.2. The largest absolute Gasteiger partial charge is 0.383 e. The first-order valence-electron chi connectivity index (χ1n) is 10.0. The molecule has 30 heavy (non-hydrogen) atoms. The Morgan fingerprint density at radius 1 is 1.33 bits per heavy atom. The molecule has 1 unspecified atom stereocenters. The molecule has 10 heteroatoms. The maximum absolute atomic E-state index is 12.7. The number of nitrogens with zero attached hydrogens (tertiary/aromatic N) is 4. The zero-order valence-electron chi connectivity index (χ0n) is 17.4. The van der Waals surface area contributed by atoms with Crippen LogP contribution in [0, 0.1) is 19.8 Å². The van der Waals surface area contributed by atoms with Crippen molar-refractivity contribution in [2.45, 2.75) is 52.5 Å². The van der Waals surface area contributed by atoms with Crippen molar-refractivity contribution in [3.63, 3.8) is 0 Å². The number of hydrogen-bond donors (Lipinski definition) is 2. The number of nitrogens with two attached hydrogens (primary N) is 1. The molecule has 1 fully saturated rings. The summed E-state index contributed by atoms with van der Waals surface area (Å²) in [6.07, 6.45) is 5.01. The van der Waals surface area contributed by atoms with E-state index in [0.29, 0.717) is 40.7 Å². The summed E-state index contributed by atoms with van der Waals surface area (Å²) in [5.41, 5.74) is 6.79. The third-order valence-electron chi connectivity index (χ3n) is 5.39. The van der Waals surface area contributed by atoms with Gasteiger partial charge in [-0.05, 0) is 52.4 Å². The number of nitrogens with one attached hydrogen (secondary N) is 1. The molecule has 162 valence electrons. The number of halogens is 1. The molecule has 1 atom stereocenters. The number of amides is 2. The molecule has 0 spiro atoms. The van der Waals surface area contributed by atoms with Crippen molar-refractivity contribution in [2.24, 2.45) is 5.92 Å². The summed E-state index contributed by atoms with van der Waals surface area (Å²) >= 11 is 7.53. The van der Waals surface area contributed by atoms with Gasteiger partial charge in [0.2, 0.25) is 5.91 Å². The summed E-state index contributed by atoms with van der Waals surface area (Å²) in [6.45, 7) is 6.69. The molecule has 1 aliphatic heterocycles. The summed E-state index contributed by atoms with van der Waals surface area (Å²) < 4.78 is 0. The minimum Gasteiger partial charge on any atom is -0.383 e. The van der Waals surface area contributed by atoms with E-state index in [9.17, 15) is 9.59 Å². The molecule has 0 aromatic carbocycles. The van der Waals surface area contributed by atoms with Crippen molar-refractivity contribution in [2.75, 3.05) is 18.8 Å². The van der Waals surface area contributed by atoms with Crippen LogP contribution in [0.25, 0.3) is 0 Å². The van der Waals surface area contributed by atoms with E-state index in [1.165, 1.54) is 17.5 Å². The maximum atomic E-state index is 12.7. The highest BCUT2D eigenvalue weighted by atomic mass is 35.5. The fraction of sp³-hybridized carbons (Fsp3) is 0.550. The van der Waals surface area contributed by atoms with Crippen LogP contribution in [0.4, 0.5) is 5.82 Å². The van der Waals surface area contributed by atoms with Gasteiger partial charge < -0.3 is 16.0 Å². The average molecular weight is 451 g/mol. The molecular formula is C20H27ClN6O2S. The Morgan fingerprint density at radius 2 is 2.03 bits per heavy atom. The number of likely N-dealkylation sites (tertiary alicyclic amines) is 1. The van der Waals surface area contributed by atoms with Crippen LogP contribution < -0.4 is 11.1 Å².